The van der Waals surface area contributed by atoms with Gasteiger partial charge in [0.2, 0.25) is 0 Å². The maximum absolute atomic E-state index is 14.5. The van der Waals surface area contributed by atoms with Gasteiger partial charge in [-0.05, 0) is 42.9 Å². The molecule has 0 N–H and O–H groups in total. The maximum Gasteiger partial charge on any atom is 0.430 e. The highest BCUT2D eigenvalue weighted by molar-refractivity contribution is 7.99. The topological polar surface area (TPSA) is 63.7 Å². The summed E-state index contributed by atoms with van der Waals surface area (Å²) in [5.74, 6) is -0.656. The van der Waals surface area contributed by atoms with Crippen molar-refractivity contribution in [3.8, 4) is 0 Å². The molecule has 32 heavy (non-hydrogen) atoms. The minimum absolute atomic E-state index is 0.0395. The lowest BCUT2D eigenvalue weighted by molar-refractivity contribution is -0.264. The van der Waals surface area contributed by atoms with Crippen LogP contribution in [0.4, 0.5) is 18.9 Å². The van der Waals surface area contributed by atoms with E-state index in [2.05, 4.69) is 0 Å². The normalized spacial score (nSPS) is 19.4. The Morgan fingerprint density at radius 1 is 1.16 bits per heavy atom. The van der Waals surface area contributed by atoms with Crippen molar-refractivity contribution in [2.45, 2.75) is 35.3 Å². The van der Waals surface area contributed by atoms with E-state index in [1.807, 2.05) is 6.92 Å². The second-order valence-corrected chi connectivity index (χ2v) is 11.0. The van der Waals surface area contributed by atoms with Gasteiger partial charge in [0.05, 0.1) is 4.90 Å². The Labute approximate surface area is 189 Å². The van der Waals surface area contributed by atoms with Crippen LogP contribution in [-0.2, 0) is 25.0 Å². The Bertz CT molecular complexity index is 1090. The quantitative estimate of drug-likeness (QED) is 0.624. The average Bonchev–Trinajstić information content (AvgIpc) is 2.72. The van der Waals surface area contributed by atoms with E-state index in [9.17, 15) is 26.4 Å². The van der Waals surface area contributed by atoms with Crippen LogP contribution in [0.1, 0.15) is 29.7 Å². The van der Waals surface area contributed by atoms with E-state index >= 15 is 0 Å². The minimum atomic E-state index is -5.03. The van der Waals surface area contributed by atoms with Gasteiger partial charge in [0.15, 0.2) is 9.84 Å². The molecule has 1 aliphatic rings. The number of halogens is 3. The number of amides is 1. The van der Waals surface area contributed by atoms with Crippen LogP contribution in [-0.4, -0.2) is 46.2 Å². The zero-order valence-electron chi connectivity index (χ0n) is 17.8. The molecule has 0 aromatic heterocycles. The summed E-state index contributed by atoms with van der Waals surface area (Å²) in [4.78, 5) is 14.8. The number of alkyl halides is 3. The Kier molecular flexibility index (Phi) is 6.97. The van der Waals surface area contributed by atoms with E-state index in [-0.39, 0.29) is 27.9 Å². The van der Waals surface area contributed by atoms with Crippen molar-refractivity contribution in [3.05, 3.63) is 59.7 Å². The summed E-state index contributed by atoms with van der Waals surface area (Å²) < 4.78 is 72.5. The van der Waals surface area contributed by atoms with Gasteiger partial charge in [0.25, 0.3) is 11.5 Å². The molecular weight excluding hydrogens is 463 g/mol. The van der Waals surface area contributed by atoms with Crippen LogP contribution < -0.4 is 4.90 Å². The van der Waals surface area contributed by atoms with Crippen LogP contribution in [0.25, 0.3) is 0 Å². The van der Waals surface area contributed by atoms with Crippen LogP contribution in [0, 0.1) is 0 Å². The number of thioether (sulfide) groups is 1. The molecule has 0 saturated heterocycles. The summed E-state index contributed by atoms with van der Waals surface area (Å²) in [6.07, 6.45) is -3.50. The average molecular weight is 488 g/mol. The number of ether oxygens (including phenoxy) is 1. The van der Waals surface area contributed by atoms with Crippen LogP contribution >= 0.6 is 11.8 Å². The first-order chi connectivity index (χ1) is 14.9. The molecule has 0 radical (unpaired) electrons. The molecule has 3 rings (SSSR count). The van der Waals surface area contributed by atoms with Crippen molar-refractivity contribution in [2.24, 2.45) is 0 Å². The lowest BCUT2D eigenvalue weighted by Gasteiger charge is -2.39. The van der Waals surface area contributed by atoms with Crippen molar-refractivity contribution in [1.29, 1.82) is 0 Å². The fraction of sp³-hybridized carbons (Fsp3) is 0.409. The molecule has 1 amide bonds. The second kappa shape index (κ2) is 9.07. The highest BCUT2D eigenvalue weighted by Gasteiger charge is 2.64. The van der Waals surface area contributed by atoms with Crippen molar-refractivity contribution in [1.82, 2.24) is 0 Å². The predicted octanol–water partition coefficient (Wildman–Crippen LogP) is 4.73. The van der Waals surface area contributed by atoms with E-state index in [4.69, 9.17) is 4.74 Å². The Morgan fingerprint density at radius 3 is 2.38 bits per heavy atom. The smallest absolute Gasteiger partial charge is 0.356 e. The van der Waals surface area contributed by atoms with Crippen molar-refractivity contribution < 1.29 is 31.1 Å². The van der Waals surface area contributed by atoms with Crippen LogP contribution in [0.5, 0.6) is 0 Å². The molecule has 0 spiro atoms. The molecule has 1 heterocycles. The Hall–Kier alpha value is -2.04. The minimum Gasteiger partial charge on any atom is -0.356 e. The zero-order valence-corrected chi connectivity index (χ0v) is 19.5. The number of fused-ring (bicyclic) bond motifs is 1. The van der Waals surface area contributed by atoms with E-state index in [1.165, 1.54) is 42.5 Å². The van der Waals surface area contributed by atoms with Gasteiger partial charge in [-0.1, -0.05) is 30.3 Å². The predicted molar refractivity (Wildman–Crippen MR) is 119 cm³/mol. The van der Waals surface area contributed by atoms with Crippen LogP contribution in [0.3, 0.4) is 0 Å². The first-order valence-electron chi connectivity index (χ1n) is 9.88. The first-order valence-corrected chi connectivity index (χ1v) is 12.8. The monoisotopic (exact) mass is 487 g/mol. The molecule has 0 aliphatic carbocycles. The van der Waals surface area contributed by atoms with Crippen molar-refractivity contribution in [2.75, 3.05) is 30.6 Å². The van der Waals surface area contributed by atoms with Gasteiger partial charge in [-0.15, -0.1) is 0 Å². The molecule has 2 unspecified atom stereocenters. The second-order valence-electron chi connectivity index (χ2n) is 7.57. The SMILES string of the molecule is COC(C(=O)N1CCCSC(C)c2cc(S(C)(=O)=O)ccc21)(c1ccccc1)C(F)(F)F. The fourth-order valence-corrected chi connectivity index (χ4v) is 5.50. The molecule has 0 bridgehead atoms. The van der Waals surface area contributed by atoms with Gasteiger partial charge in [0.1, 0.15) is 0 Å². The number of carbonyl (C=O) groups excluding carboxylic acids is 1. The van der Waals surface area contributed by atoms with E-state index < -0.39 is 27.5 Å². The van der Waals surface area contributed by atoms with E-state index in [0.717, 1.165) is 18.3 Å². The number of nitrogens with zero attached hydrogens (tertiary/aromatic N) is 1. The maximum atomic E-state index is 14.5. The molecule has 0 saturated carbocycles. The Balaban J connectivity index is 2.23. The lowest BCUT2D eigenvalue weighted by atomic mass is 9.90. The van der Waals surface area contributed by atoms with Gasteiger partial charge in [-0.3, -0.25) is 4.79 Å². The third-order valence-electron chi connectivity index (χ3n) is 5.48. The van der Waals surface area contributed by atoms with Crippen LogP contribution in [0.15, 0.2) is 53.4 Å². The number of sulfone groups is 1. The Morgan fingerprint density at radius 2 is 1.81 bits per heavy atom. The number of rotatable bonds is 4. The molecule has 174 valence electrons. The third-order valence-corrected chi connectivity index (χ3v) is 7.87. The van der Waals surface area contributed by atoms with Gasteiger partial charge in [-0.2, -0.15) is 24.9 Å². The number of anilines is 1. The van der Waals surface area contributed by atoms with E-state index in [0.29, 0.717) is 17.7 Å². The molecule has 10 heteroatoms. The first kappa shape index (κ1) is 24.6. The molecule has 2 aromatic rings. The van der Waals surface area contributed by atoms with Gasteiger partial charge >= 0.3 is 6.18 Å². The highest BCUT2D eigenvalue weighted by atomic mass is 32.2. The third kappa shape index (κ3) is 4.40. The molecule has 0 fully saturated rings. The number of hydrogen-bond acceptors (Lipinski definition) is 5. The zero-order chi connectivity index (χ0) is 23.7. The largest absolute Gasteiger partial charge is 0.430 e. The number of hydrogen-bond donors (Lipinski definition) is 0. The fourth-order valence-electron chi connectivity index (χ4n) is 3.83. The standard InChI is InChI=1S/C22H24F3NO4S2/c1-15-18-14-17(32(3,28)29)10-11-19(18)26(12-7-13-31-15)20(27)21(30-2,22(23,24)25)16-8-5-4-6-9-16/h4-6,8-11,14-15H,7,12-13H2,1-3H3. The highest BCUT2D eigenvalue weighted by Crippen LogP contribution is 2.46. The molecule has 1 aliphatic heterocycles. The summed E-state index contributed by atoms with van der Waals surface area (Å²) in [6.45, 7) is 1.88. The molecular formula is C22H24F3NO4S2. The van der Waals surface area contributed by atoms with E-state index in [1.54, 1.807) is 17.8 Å². The van der Waals surface area contributed by atoms with Crippen molar-refractivity contribution in [3.63, 3.8) is 0 Å². The van der Waals surface area contributed by atoms with Gasteiger partial charge in [0, 0.05) is 36.4 Å². The number of methoxy groups -OCH3 is 1. The lowest BCUT2D eigenvalue weighted by Crippen LogP contribution is -2.57. The summed E-state index contributed by atoms with van der Waals surface area (Å²) in [5, 5.41) is -0.221. The van der Waals surface area contributed by atoms with Crippen molar-refractivity contribution >= 4 is 33.2 Å². The summed E-state index contributed by atoms with van der Waals surface area (Å²) in [5.41, 5.74) is -2.77. The molecule has 2 aromatic carbocycles. The molecule has 5 nitrogen and oxygen atoms in total. The van der Waals surface area contributed by atoms with Gasteiger partial charge < -0.3 is 9.64 Å². The molecule has 2 atom stereocenters. The summed E-state index contributed by atoms with van der Waals surface area (Å²) in [6, 6.07) is 11.0. The summed E-state index contributed by atoms with van der Waals surface area (Å²) in [7, 11) is -2.67. The van der Waals surface area contributed by atoms with Gasteiger partial charge in [-0.25, -0.2) is 8.42 Å². The number of carbonyl (C=O) groups is 1. The van der Waals surface area contributed by atoms with Crippen LogP contribution in [0.2, 0.25) is 0 Å². The number of benzene rings is 2. The summed E-state index contributed by atoms with van der Waals surface area (Å²) >= 11 is 1.56.